The van der Waals surface area contributed by atoms with Crippen LogP contribution in [-0.2, 0) is 0 Å². The molecule has 62 valence electrons. The van der Waals surface area contributed by atoms with E-state index in [1.165, 1.54) is 0 Å². The molecule has 0 atom stereocenters. The molecule has 0 saturated heterocycles. The van der Waals surface area contributed by atoms with Crippen molar-refractivity contribution in [3.05, 3.63) is 43.4 Å². The van der Waals surface area contributed by atoms with Crippen LogP contribution in [0.25, 0.3) is 5.40 Å². The smallest absolute Gasteiger partial charge is 0.679 e. The Bertz CT molecular complexity index is 130. The van der Waals surface area contributed by atoms with Crippen molar-refractivity contribution in [2.75, 3.05) is 0 Å². The van der Waals surface area contributed by atoms with Gasteiger partial charge in [0.05, 0.1) is 0 Å². The summed E-state index contributed by atoms with van der Waals surface area (Å²) in [5, 5.41) is 8.05. The van der Waals surface area contributed by atoms with Gasteiger partial charge in [0.25, 0.3) is 0 Å². The first-order valence-corrected chi connectivity index (χ1v) is 6.38. The molecular formula is C9H16LiNSi. The number of hydrogen-bond acceptors (Lipinski definition) is 0. The first-order chi connectivity index (χ1) is 5.18. The van der Waals surface area contributed by atoms with Crippen LogP contribution in [-0.4, -0.2) is 8.24 Å². The summed E-state index contributed by atoms with van der Waals surface area (Å²) in [6.45, 7) is 11.0. The molecule has 0 spiro atoms. The van der Waals surface area contributed by atoms with E-state index in [2.05, 4.69) is 19.7 Å². The first kappa shape index (κ1) is 14.5. The fraction of sp³-hybridized carbons (Fsp3) is 0.333. The average molecular weight is 173 g/mol. The molecule has 0 bridgehead atoms. The maximum Gasteiger partial charge on any atom is 1.00 e. The van der Waals surface area contributed by atoms with E-state index in [4.69, 9.17) is 5.40 Å². The van der Waals surface area contributed by atoms with Gasteiger partial charge in [-0.1, -0.05) is 36.4 Å². The second-order valence-electron chi connectivity index (χ2n) is 2.76. The molecule has 1 N–H and O–H groups in total. The third-order valence-electron chi connectivity index (χ3n) is 1.61. The summed E-state index contributed by atoms with van der Waals surface area (Å²) in [4.78, 5) is 0. The largest absolute Gasteiger partial charge is 1.00 e. The number of nitrogens with one attached hydrogen (secondary N) is 1. The minimum absolute atomic E-state index is 0. The zero-order chi connectivity index (χ0) is 8.74. The van der Waals surface area contributed by atoms with Gasteiger partial charge < -0.3 is 5.40 Å². The topological polar surface area (TPSA) is 23.8 Å². The molecule has 0 unspecified atom stereocenters. The van der Waals surface area contributed by atoms with Crippen LogP contribution in [0.5, 0.6) is 0 Å². The zero-order valence-corrected chi connectivity index (χ0v) is 8.97. The van der Waals surface area contributed by atoms with Crippen LogP contribution < -0.4 is 18.9 Å². The summed E-state index contributed by atoms with van der Waals surface area (Å²) in [6.07, 6.45) is 5.52. The van der Waals surface area contributed by atoms with Crippen molar-refractivity contribution in [3.63, 3.8) is 0 Å². The van der Waals surface area contributed by atoms with Crippen molar-refractivity contribution in [2.45, 2.75) is 18.1 Å². The van der Waals surface area contributed by atoms with Gasteiger partial charge in [-0.2, -0.15) is 0 Å². The van der Waals surface area contributed by atoms with E-state index >= 15 is 0 Å². The first-order valence-electron chi connectivity index (χ1n) is 3.76. The maximum absolute atomic E-state index is 8.05. The molecule has 0 rings (SSSR count). The van der Waals surface area contributed by atoms with E-state index in [-0.39, 0.29) is 18.9 Å². The molecule has 0 aromatic rings. The Balaban J connectivity index is 0. The van der Waals surface area contributed by atoms with Crippen molar-refractivity contribution >= 4 is 8.24 Å². The van der Waals surface area contributed by atoms with E-state index in [1.54, 1.807) is 0 Å². The molecule has 0 aliphatic carbocycles. The average Bonchev–Trinajstić information content (AvgIpc) is 1.88. The van der Waals surface area contributed by atoms with Gasteiger partial charge in [-0.05, 0) is 8.24 Å². The van der Waals surface area contributed by atoms with E-state index in [1.807, 2.05) is 18.2 Å². The Kier molecular flexibility index (Phi) is 9.23. The molecule has 0 fully saturated rings. The van der Waals surface area contributed by atoms with Gasteiger partial charge in [-0.25, -0.2) is 0 Å². The Morgan fingerprint density at radius 2 is 1.17 bits per heavy atom. The van der Waals surface area contributed by atoms with Crippen molar-refractivity contribution in [3.8, 4) is 0 Å². The molecule has 0 amide bonds. The van der Waals surface area contributed by atoms with Crippen LogP contribution in [0.2, 0.25) is 18.1 Å². The van der Waals surface area contributed by atoms with Crippen LogP contribution in [0.3, 0.4) is 0 Å². The summed E-state index contributed by atoms with van der Waals surface area (Å²) < 4.78 is 0. The zero-order valence-electron chi connectivity index (χ0n) is 7.97. The normalized spacial score (nSPS) is 9.75. The van der Waals surface area contributed by atoms with Gasteiger partial charge in [-0.15, -0.1) is 19.7 Å². The molecule has 1 nitrogen and oxygen atoms in total. The number of allylic oxidation sites excluding steroid dienone is 3. The van der Waals surface area contributed by atoms with Gasteiger partial charge in [0.15, 0.2) is 0 Å². The third kappa shape index (κ3) is 5.62. The Morgan fingerprint density at radius 1 is 0.917 bits per heavy atom. The Hall–Kier alpha value is -0.00571. The predicted octanol–water partition coefficient (Wildman–Crippen LogP) is 0.546. The minimum atomic E-state index is -1.85. The van der Waals surface area contributed by atoms with Gasteiger partial charge >= 0.3 is 18.9 Å². The second-order valence-corrected chi connectivity index (χ2v) is 6.54. The standard InChI is InChI=1S/C9H16NSi.Li/c1-4-7-11(10,8-5-2)9-6-3;/h4-6,10H,1-3,7-9H2;/q-1;+1. The molecule has 0 saturated carbocycles. The SMILES string of the molecule is C=CC[Si]([NH-])(CC=C)CC=C.[Li+]. The summed E-state index contributed by atoms with van der Waals surface area (Å²) in [5.74, 6) is 0. The van der Waals surface area contributed by atoms with Gasteiger partial charge in [0, 0.05) is 0 Å². The Labute approximate surface area is 88.7 Å². The molecule has 3 heteroatoms. The molecule has 0 aromatic carbocycles. The van der Waals surface area contributed by atoms with Crippen molar-refractivity contribution < 1.29 is 18.9 Å². The molecule has 0 aliphatic rings. The van der Waals surface area contributed by atoms with Gasteiger partial charge in [-0.3, -0.25) is 0 Å². The molecule has 0 radical (unpaired) electrons. The van der Waals surface area contributed by atoms with E-state index in [0.717, 1.165) is 18.1 Å². The van der Waals surface area contributed by atoms with Crippen LogP contribution in [0.4, 0.5) is 0 Å². The van der Waals surface area contributed by atoms with Crippen molar-refractivity contribution in [1.29, 1.82) is 0 Å². The van der Waals surface area contributed by atoms with Crippen molar-refractivity contribution in [1.82, 2.24) is 0 Å². The molecular weight excluding hydrogens is 157 g/mol. The van der Waals surface area contributed by atoms with Crippen molar-refractivity contribution in [2.24, 2.45) is 0 Å². The van der Waals surface area contributed by atoms with Gasteiger partial charge in [0.1, 0.15) is 0 Å². The predicted molar refractivity (Wildman–Crippen MR) is 55.1 cm³/mol. The number of hydrogen-bond donors (Lipinski definition) is 0. The maximum atomic E-state index is 8.05. The Morgan fingerprint density at radius 3 is 1.33 bits per heavy atom. The summed E-state index contributed by atoms with van der Waals surface area (Å²) in [7, 11) is -1.85. The third-order valence-corrected chi connectivity index (χ3v) is 4.82. The fourth-order valence-electron chi connectivity index (χ4n) is 1.08. The van der Waals surface area contributed by atoms with E-state index < -0.39 is 8.24 Å². The summed E-state index contributed by atoms with van der Waals surface area (Å²) in [5.41, 5.74) is 0. The monoisotopic (exact) mass is 173 g/mol. The fourth-order valence-corrected chi connectivity index (χ4v) is 3.24. The van der Waals surface area contributed by atoms with Crippen LogP contribution >= 0.6 is 0 Å². The minimum Gasteiger partial charge on any atom is -0.679 e. The van der Waals surface area contributed by atoms with E-state index in [0.29, 0.717) is 0 Å². The molecule has 0 aliphatic heterocycles. The second kappa shape index (κ2) is 7.63. The molecule has 0 aromatic heterocycles. The molecule has 12 heavy (non-hydrogen) atoms. The summed E-state index contributed by atoms with van der Waals surface area (Å²) >= 11 is 0. The van der Waals surface area contributed by atoms with Crippen LogP contribution in [0.15, 0.2) is 38.0 Å². The van der Waals surface area contributed by atoms with Crippen LogP contribution in [0.1, 0.15) is 0 Å². The number of rotatable bonds is 6. The van der Waals surface area contributed by atoms with Crippen LogP contribution in [0, 0.1) is 0 Å². The molecule has 0 heterocycles. The quantitative estimate of drug-likeness (QED) is 0.414. The van der Waals surface area contributed by atoms with Gasteiger partial charge in [0.2, 0.25) is 0 Å². The summed E-state index contributed by atoms with van der Waals surface area (Å²) in [6, 6.07) is 2.52. The van der Waals surface area contributed by atoms with E-state index in [9.17, 15) is 0 Å².